The number of hydrogen-bond acceptors (Lipinski definition) is 3. The van der Waals surface area contributed by atoms with Gasteiger partial charge in [0.25, 0.3) is 0 Å². The number of aryl methyl sites for hydroxylation is 1. The summed E-state index contributed by atoms with van der Waals surface area (Å²) < 4.78 is 7.05. The zero-order valence-corrected chi connectivity index (χ0v) is 12.4. The average molecular weight is 290 g/mol. The number of ether oxygens (including phenoxy) is 1. The molecule has 1 aromatic heterocycles. The topological polar surface area (TPSA) is 51.1 Å². The highest BCUT2D eigenvalue weighted by Crippen LogP contribution is 2.16. The molecule has 2 aromatic rings. The Kier molecular flexibility index (Phi) is 4.95. The lowest BCUT2D eigenvalue weighted by Crippen LogP contribution is -2.27. The van der Waals surface area contributed by atoms with Gasteiger partial charge in [0.05, 0.1) is 13.3 Å². The van der Waals surface area contributed by atoms with Gasteiger partial charge in [0.15, 0.2) is 5.11 Å². The maximum absolute atomic E-state index is 5.26. The normalized spacial score (nSPS) is 10.1. The van der Waals surface area contributed by atoms with Crippen molar-refractivity contribution in [2.45, 2.75) is 20.0 Å². The summed E-state index contributed by atoms with van der Waals surface area (Å²) in [5.41, 5.74) is 1.99. The molecular weight excluding hydrogens is 272 g/mol. The van der Waals surface area contributed by atoms with E-state index in [0.29, 0.717) is 11.7 Å². The summed E-state index contributed by atoms with van der Waals surface area (Å²) in [6.07, 6.45) is 3.84. The van der Waals surface area contributed by atoms with E-state index in [4.69, 9.17) is 17.0 Å². The molecule has 0 aliphatic heterocycles. The number of nitrogens with one attached hydrogen (secondary N) is 2. The fraction of sp³-hybridized carbons (Fsp3) is 0.286. The van der Waals surface area contributed by atoms with Gasteiger partial charge in [-0.1, -0.05) is 6.07 Å². The molecule has 0 unspecified atom stereocenters. The molecular formula is C14H18N4OS. The van der Waals surface area contributed by atoms with Crippen LogP contribution in [0.15, 0.2) is 36.7 Å². The third-order valence-corrected chi connectivity index (χ3v) is 3.04. The Balaban J connectivity index is 1.85. The maximum atomic E-state index is 5.26. The largest absolute Gasteiger partial charge is 0.497 e. The van der Waals surface area contributed by atoms with Crippen LogP contribution in [-0.4, -0.2) is 22.0 Å². The number of rotatable bonds is 5. The number of hydrogen-bond donors (Lipinski definition) is 2. The van der Waals surface area contributed by atoms with Gasteiger partial charge in [0, 0.05) is 36.6 Å². The molecule has 0 saturated carbocycles. The van der Waals surface area contributed by atoms with E-state index in [1.807, 2.05) is 41.3 Å². The van der Waals surface area contributed by atoms with Gasteiger partial charge in [-0.05, 0) is 31.3 Å². The van der Waals surface area contributed by atoms with Crippen LogP contribution in [-0.2, 0) is 13.1 Å². The summed E-state index contributed by atoms with van der Waals surface area (Å²) in [5.74, 6) is 0.794. The molecule has 5 nitrogen and oxygen atoms in total. The van der Waals surface area contributed by atoms with Gasteiger partial charge in [-0.25, -0.2) is 0 Å². The number of thiocarbonyl (C=S) groups is 1. The molecule has 0 fully saturated rings. The Bertz CT molecular complexity index is 582. The van der Waals surface area contributed by atoms with Crippen LogP contribution < -0.4 is 15.4 Å². The molecule has 1 heterocycles. The quantitative estimate of drug-likeness (QED) is 0.828. The van der Waals surface area contributed by atoms with Gasteiger partial charge in [-0.2, -0.15) is 5.10 Å². The SMILES string of the molecule is CCn1cc(CNC(=S)Nc2cccc(OC)c2)cn1. The molecule has 1 aromatic carbocycles. The van der Waals surface area contributed by atoms with E-state index in [9.17, 15) is 0 Å². The second-order valence-corrected chi connectivity index (χ2v) is 4.65. The van der Waals surface area contributed by atoms with Crippen LogP contribution in [0.2, 0.25) is 0 Å². The summed E-state index contributed by atoms with van der Waals surface area (Å²) in [6, 6.07) is 7.63. The lowest BCUT2D eigenvalue weighted by Gasteiger charge is -2.10. The second kappa shape index (κ2) is 6.91. The third-order valence-electron chi connectivity index (χ3n) is 2.79. The highest BCUT2D eigenvalue weighted by molar-refractivity contribution is 7.80. The Morgan fingerprint density at radius 3 is 3.00 bits per heavy atom. The van der Waals surface area contributed by atoms with Crippen LogP contribution in [0.25, 0.3) is 0 Å². The molecule has 0 atom stereocenters. The molecule has 0 bridgehead atoms. The van der Waals surface area contributed by atoms with Gasteiger partial charge in [-0.3, -0.25) is 4.68 Å². The lowest BCUT2D eigenvalue weighted by molar-refractivity contribution is 0.415. The standard InChI is InChI=1S/C14H18N4OS/c1-3-18-10-11(9-16-18)8-15-14(20)17-12-5-4-6-13(7-12)19-2/h4-7,9-10H,3,8H2,1-2H3,(H2,15,17,20). The highest BCUT2D eigenvalue weighted by Gasteiger charge is 2.01. The maximum Gasteiger partial charge on any atom is 0.171 e. The minimum Gasteiger partial charge on any atom is -0.497 e. The van der Waals surface area contributed by atoms with E-state index in [1.54, 1.807) is 7.11 Å². The van der Waals surface area contributed by atoms with Crippen LogP contribution in [0.1, 0.15) is 12.5 Å². The Hall–Kier alpha value is -2.08. The first-order valence-electron chi connectivity index (χ1n) is 6.41. The summed E-state index contributed by atoms with van der Waals surface area (Å²) in [7, 11) is 1.64. The van der Waals surface area contributed by atoms with Gasteiger partial charge in [0.2, 0.25) is 0 Å². The Morgan fingerprint density at radius 1 is 1.45 bits per heavy atom. The van der Waals surface area contributed by atoms with Crippen LogP contribution in [0, 0.1) is 0 Å². The van der Waals surface area contributed by atoms with Crippen LogP contribution in [0.4, 0.5) is 5.69 Å². The first kappa shape index (κ1) is 14.3. The Morgan fingerprint density at radius 2 is 2.30 bits per heavy atom. The predicted octanol–water partition coefficient (Wildman–Crippen LogP) is 2.40. The summed E-state index contributed by atoms with van der Waals surface area (Å²) in [5, 5.41) is 11.1. The van der Waals surface area contributed by atoms with Crippen molar-refractivity contribution in [1.82, 2.24) is 15.1 Å². The number of nitrogens with zero attached hydrogens (tertiary/aromatic N) is 2. The summed E-state index contributed by atoms with van der Waals surface area (Å²) in [4.78, 5) is 0. The molecule has 2 rings (SSSR count). The number of anilines is 1. The van der Waals surface area contributed by atoms with E-state index in [2.05, 4.69) is 22.7 Å². The lowest BCUT2D eigenvalue weighted by atomic mass is 10.3. The van der Waals surface area contributed by atoms with Crippen molar-refractivity contribution in [1.29, 1.82) is 0 Å². The van der Waals surface area contributed by atoms with Gasteiger partial charge in [-0.15, -0.1) is 0 Å². The fourth-order valence-electron chi connectivity index (χ4n) is 1.73. The van der Waals surface area contributed by atoms with Crippen molar-refractivity contribution in [2.75, 3.05) is 12.4 Å². The van der Waals surface area contributed by atoms with Crippen LogP contribution >= 0.6 is 12.2 Å². The van der Waals surface area contributed by atoms with Crippen molar-refractivity contribution < 1.29 is 4.74 Å². The van der Waals surface area contributed by atoms with E-state index >= 15 is 0 Å². The molecule has 0 saturated heterocycles. The van der Waals surface area contributed by atoms with Crippen molar-refractivity contribution in [3.8, 4) is 5.75 Å². The third kappa shape index (κ3) is 3.96. The second-order valence-electron chi connectivity index (χ2n) is 4.24. The average Bonchev–Trinajstić information content (AvgIpc) is 2.93. The molecule has 6 heteroatoms. The molecule has 2 N–H and O–H groups in total. The zero-order valence-electron chi connectivity index (χ0n) is 11.6. The number of methoxy groups -OCH3 is 1. The first-order valence-corrected chi connectivity index (χ1v) is 6.82. The van der Waals surface area contributed by atoms with E-state index in [1.165, 1.54) is 0 Å². The smallest absolute Gasteiger partial charge is 0.171 e. The molecule has 106 valence electrons. The van der Waals surface area contributed by atoms with Gasteiger partial charge >= 0.3 is 0 Å². The van der Waals surface area contributed by atoms with Gasteiger partial charge in [0.1, 0.15) is 5.75 Å². The van der Waals surface area contributed by atoms with Crippen LogP contribution in [0.3, 0.4) is 0 Å². The molecule has 0 radical (unpaired) electrons. The predicted molar refractivity (Wildman–Crippen MR) is 84.0 cm³/mol. The monoisotopic (exact) mass is 290 g/mol. The van der Waals surface area contributed by atoms with Crippen molar-refractivity contribution in [2.24, 2.45) is 0 Å². The van der Waals surface area contributed by atoms with Crippen molar-refractivity contribution in [3.05, 3.63) is 42.2 Å². The summed E-state index contributed by atoms with van der Waals surface area (Å²) >= 11 is 5.26. The molecule has 0 aliphatic rings. The van der Waals surface area contributed by atoms with Crippen LogP contribution in [0.5, 0.6) is 5.75 Å². The molecule has 0 aliphatic carbocycles. The van der Waals surface area contributed by atoms with E-state index in [0.717, 1.165) is 23.5 Å². The minimum absolute atomic E-state index is 0.572. The molecule has 0 spiro atoms. The minimum atomic E-state index is 0.572. The number of benzene rings is 1. The first-order chi connectivity index (χ1) is 9.71. The number of aromatic nitrogens is 2. The fourth-order valence-corrected chi connectivity index (χ4v) is 1.92. The Labute approximate surface area is 123 Å². The molecule has 20 heavy (non-hydrogen) atoms. The van der Waals surface area contributed by atoms with Crippen molar-refractivity contribution >= 4 is 23.0 Å². The molecule has 0 amide bonds. The summed E-state index contributed by atoms with van der Waals surface area (Å²) in [6.45, 7) is 3.57. The van der Waals surface area contributed by atoms with E-state index < -0.39 is 0 Å². The van der Waals surface area contributed by atoms with Gasteiger partial charge < -0.3 is 15.4 Å². The van der Waals surface area contributed by atoms with E-state index in [-0.39, 0.29) is 0 Å². The highest BCUT2D eigenvalue weighted by atomic mass is 32.1. The van der Waals surface area contributed by atoms with Crippen molar-refractivity contribution in [3.63, 3.8) is 0 Å². The zero-order chi connectivity index (χ0) is 14.4.